The Balaban J connectivity index is 2.30. The van der Waals surface area contributed by atoms with E-state index in [0.717, 1.165) is 12.0 Å². The van der Waals surface area contributed by atoms with E-state index in [2.05, 4.69) is 19.1 Å². The summed E-state index contributed by atoms with van der Waals surface area (Å²) in [6.07, 6.45) is 1.66. The predicted molar refractivity (Wildman–Crippen MR) is 57.0 cm³/mol. The topological polar surface area (TPSA) is 17.1 Å². The van der Waals surface area contributed by atoms with Crippen LogP contribution in [0.3, 0.4) is 0 Å². The fourth-order valence-corrected chi connectivity index (χ4v) is 1.95. The van der Waals surface area contributed by atoms with Gasteiger partial charge in [0.25, 0.3) is 0 Å². The van der Waals surface area contributed by atoms with E-state index < -0.39 is 0 Å². The maximum absolute atomic E-state index is 10.2. The summed E-state index contributed by atoms with van der Waals surface area (Å²) in [7, 11) is 0. The van der Waals surface area contributed by atoms with Crippen LogP contribution in [0.25, 0.3) is 0 Å². The largest absolute Gasteiger partial charge is 0.303 e. The van der Waals surface area contributed by atoms with Crippen molar-refractivity contribution in [3.8, 4) is 0 Å². The molecule has 0 aromatic heterocycles. The van der Waals surface area contributed by atoms with Gasteiger partial charge in [0.2, 0.25) is 0 Å². The van der Waals surface area contributed by atoms with Crippen LogP contribution in [0, 0.1) is 5.92 Å². The van der Waals surface area contributed by atoms with E-state index in [4.69, 9.17) is 0 Å². The summed E-state index contributed by atoms with van der Waals surface area (Å²) in [4.78, 5) is 11.5. The van der Waals surface area contributed by atoms with Crippen LogP contribution in [0.2, 0.25) is 0 Å². The van der Waals surface area contributed by atoms with E-state index in [0.29, 0.717) is 12.3 Å². The van der Waals surface area contributed by atoms with Gasteiger partial charge < -0.3 is 4.79 Å². The van der Waals surface area contributed by atoms with E-state index in [1.165, 1.54) is 4.90 Å². The molecule has 0 aliphatic carbocycles. The lowest BCUT2D eigenvalue weighted by Crippen LogP contribution is -1.98. The molecule has 1 unspecified atom stereocenters. The van der Waals surface area contributed by atoms with Crippen molar-refractivity contribution in [3.63, 3.8) is 0 Å². The Kier molecular flexibility index (Phi) is 4.61. The monoisotopic (exact) mass is 194 g/mol. The van der Waals surface area contributed by atoms with Gasteiger partial charge in [0.05, 0.1) is 0 Å². The summed E-state index contributed by atoms with van der Waals surface area (Å²) in [6, 6.07) is 10.3. The number of carbonyl (C=O) groups is 1. The van der Waals surface area contributed by atoms with Crippen molar-refractivity contribution in [2.45, 2.75) is 18.2 Å². The predicted octanol–water partition coefficient (Wildman–Crippen LogP) is 3.00. The van der Waals surface area contributed by atoms with Gasteiger partial charge in [-0.25, -0.2) is 0 Å². The van der Waals surface area contributed by atoms with E-state index in [1.807, 2.05) is 30.0 Å². The van der Waals surface area contributed by atoms with Crippen molar-refractivity contribution in [2.75, 3.05) is 5.75 Å². The molecule has 13 heavy (non-hydrogen) atoms. The second-order valence-corrected chi connectivity index (χ2v) is 4.23. The third-order valence-electron chi connectivity index (χ3n) is 1.78. The normalized spacial score (nSPS) is 12.4. The molecule has 0 bridgehead atoms. The quantitative estimate of drug-likeness (QED) is 0.529. The molecule has 1 atom stereocenters. The molecule has 0 aliphatic heterocycles. The van der Waals surface area contributed by atoms with Gasteiger partial charge in [-0.3, -0.25) is 0 Å². The highest BCUT2D eigenvalue weighted by atomic mass is 32.2. The molecular formula is C11H14OS. The van der Waals surface area contributed by atoms with Crippen LogP contribution in [-0.2, 0) is 4.79 Å². The molecule has 1 aromatic rings. The van der Waals surface area contributed by atoms with Crippen LogP contribution in [0.15, 0.2) is 35.2 Å². The molecule has 70 valence electrons. The summed E-state index contributed by atoms with van der Waals surface area (Å²) in [5.41, 5.74) is 0. The average Bonchev–Trinajstić information content (AvgIpc) is 2.17. The zero-order valence-corrected chi connectivity index (χ0v) is 8.59. The fourth-order valence-electron chi connectivity index (χ4n) is 0.988. The van der Waals surface area contributed by atoms with Gasteiger partial charge in [-0.2, -0.15) is 0 Å². The number of aldehydes is 1. The van der Waals surface area contributed by atoms with E-state index >= 15 is 0 Å². The summed E-state index contributed by atoms with van der Waals surface area (Å²) in [5, 5.41) is 0. The van der Waals surface area contributed by atoms with Crippen molar-refractivity contribution < 1.29 is 4.79 Å². The minimum atomic E-state index is 0.475. The Hall–Kier alpha value is -0.760. The highest BCUT2D eigenvalue weighted by Gasteiger charge is 2.01. The van der Waals surface area contributed by atoms with Crippen LogP contribution in [0.5, 0.6) is 0 Å². The minimum Gasteiger partial charge on any atom is -0.303 e. The molecule has 0 radical (unpaired) electrons. The van der Waals surface area contributed by atoms with Crippen LogP contribution in [0.1, 0.15) is 13.3 Å². The summed E-state index contributed by atoms with van der Waals surface area (Å²) in [5.74, 6) is 1.49. The van der Waals surface area contributed by atoms with Crippen LogP contribution in [0.4, 0.5) is 0 Å². The molecule has 2 heteroatoms. The molecule has 1 nitrogen and oxygen atoms in total. The molecule has 1 rings (SSSR count). The molecule has 0 heterocycles. The molecule has 0 fully saturated rings. The Labute approximate surface area is 83.5 Å². The zero-order chi connectivity index (χ0) is 9.52. The summed E-state index contributed by atoms with van der Waals surface area (Å²) in [6.45, 7) is 2.10. The Morgan fingerprint density at radius 1 is 1.38 bits per heavy atom. The van der Waals surface area contributed by atoms with Crippen molar-refractivity contribution in [1.82, 2.24) is 0 Å². The standard InChI is InChI=1S/C11H14OS/c1-10(7-8-12)9-13-11-5-3-2-4-6-11/h2-6,8,10H,7,9H2,1H3. The SMILES string of the molecule is CC(CC=O)CSc1ccccc1. The molecule has 0 aliphatic rings. The average molecular weight is 194 g/mol. The lowest BCUT2D eigenvalue weighted by atomic mass is 10.2. The van der Waals surface area contributed by atoms with Crippen molar-refractivity contribution in [2.24, 2.45) is 5.92 Å². The molecule has 0 saturated carbocycles. The lowest BCUT2D eigenvalue weighted by Gasteiger charge is -2.06. The first-order chi connectivity index (χ1) is 6.33. The first-order valence-corrected chi connectivity index (χ1v) is 5.43. The summed E-state index contributed by atoms with van der Waals surface area (Å²) < 4.78 is 0. The number of carbonyl (C=O) groups excluding carboxylic acids is 1. The molecule has 0 amide bonds. The van der Waals surface area contributed by atoms with Gasteiger partial charge in [0.15, 0.2) is 0 Å². The molecule has 0 N–H and O–H groups in total. The lowest BCUT2D eigenvalue weighted by molar-refractivity contribution is -0.108. The third-order valence-corrected chi connectivity index (χ3v) is 3.12. The first kappa shape index (κ1) is 10.3. The first-order valence-electron chi connectivity index (χ1n) is 4.44. The number of benzene rings is 1. The van der Waals surface area contributed by atoms with Gasteiger partial charge in [-0.1, -0.05) is 25.1 Å². The van der Waals surface area contributed by atoms with Crippen molar-refractivity contribution in [3.05, 3.63) is 30.3 Å². The van der Waals surface area contributed by atoms with Gasteiger partial charge >= 0.3 is 0 Å². The Morgan fingerprint density at radius 2 is 2.08 bits per heavy atom. The van der Waals surface area contributed by atoms with E-state index in [9.17, 15) is 4.79 Å². The number of hydrogen-bond acceptors (Lipinski definition) is 2. The van der Waals surface area contributed by atoms with Crippen LogP contribution < -0.4 is 0 Å². The van der Waals surface area contributed by atoms with Crippen LogP contribution >= 0.6 is 11.8 Å². The maximum Gasteiger partial charge on any atom is 0.120 e. The Bertz CT molecular complexity index is 246. The molecule has 0 spiro atoms. The van der Waals surface area contributed by atoms with Gasteiger partial charge in [-0.05, 0) is 18.1 Å². The zero-order valence-electron chi connectivity index (χ0n) is 7.77. The number of thioether (sulfide) groups is 1. The van der Waals surface area contributed by atoms with Crippen molar-refractivity contribution in [1.29, 1.82) is 0 Å². The maximum atomic E-state index is 10.2. The van der Waals surface area contributed by atoms with Gasteiger partial charge in [-0.15, -0.1) is 11.8 Å². The second-order valence-electron chi connectivity index (χ2n) is 3.13. The molecular weight excluding hydrogens is 180 g/mol. The minimum absolute atomic E-state index is 0.475. The van der Waals surface area contributed by atoms with Gasteiger partial charge in [0, 0.05) is 17.1 Å². The van der Waals surface area contributed by atoms with E-state index in [-0.39, 0.29) is 0 Å². The second kappa shape index (κ2) is 5.81. The smallest absolute Gasteiger partial charge is 0.120 e. The fraction of sp³-hybridized carbons (Fsp3) is 0.364. The Morgan fingerprint density at radius 3 is 2.69 bits per heavy atom. The number of hydrogen-bond donors (Lipinski definition) is 0. The van der Waals surface area contributed by atoms with Crippen LogP contribution in [-0.4, -0.2) is 12.0 Å². The third kappa shape index (κ3) is 4.13. The number of rotatable bonds is 5. The molecule has 0 saturated heterocycles. The molecule has 1 aromatic carbocycles. The highest BCUT2D eigenvalue weighted by Crippen LogP contribution is 2.20. The van der Waals surface area contributed by atoms with E-state index in [1.54, 1.807) is 0 Å². The van der Waals surface area contributed by atoms with Gasteiger partial charge in [0.1, 0.15) is 6.29 Å². The highest BCUT2D eigenvalue weighted by molar-refractivity contribution is 7.99. The van der Waals surface area contributed by atoms with Crippen molar-refractivity contribution >= 4 is 18.0 Å². The summed E-state index contributed by atoms with van der Waals surface area (Å²) >= 11 is 1.81.